The highest BCUT2D eigenvalue weighted by Gasteiger charge is 2.30. The first-order valence-electron chi connectivity index (χ1n) is 10.4. The van der Waals surface area contributed by atoms with Gasteiger partial charge in [-0.2, -0.15) is 5.26 Å². The summed E-state index contributed by atoms with van der Waals surface area (Å²) in [5, 5.41) is 10.6. The number of pyridine rings is 1. The SMILES string of the molecule is C=C(C1CCCCC1)N1CC(C)CC(c2ccc(C#N)c3ncccc23)C1. The topological polar surface area (TPSA) is 39.9 Å². The summed E-state index contributed by atoms with van der Waals surface area (Å²) in [5.41, 5.74) is 4.21. The highest BCUT2D eigenvalue weighted by molar-refractivity contribution is 5.87. The number of nitriles is 1. The maximum atomic E-state index is 9.43. The lowest BCUT2D eigenvalue weighted by Crippen LogP contribution is -2.40. The molecule has 1 aliphatic heterocycles. The van der Waals surface area contributed by atoms with Gasteiger partial charge in [0, 0.05) is 36.3 Å². The molecule has 1 saturated heterocycles. The number of hydrogen-bond donors (Lipinski definition) is 0. The van der Waals surface area contributed by atoms with Gasteiger partial charge in [0.05, 0.1) is 11.1 Å². The molecule has 2 aliphatic rings. The van der Waals surface area contributed by atoms with E-state index < -0.39 is 0 Å². The maximum absolute atomic E-state index is 9.43. The quantitative estimate of drug-likeness (QED) is 0.713. The minimum absolute atomic E-state index is 0.466. The molecule has 3 nitrogen and oxygen atoms in total. The van der Waals surface area contributed by atoms with Gasteiger partial charge in [0.2, 0.25) is 0 Å². The molecule has 1 aromatic carbocycles. The van der Waals surface area contributed by atoms with Gasteiger partial charge in [-0.05, 0) is 48.8 Å². The highest BCUT2D eigenvalue weighted by atomic mass is 15.2. The summed E-state index contributed by atoms with van der Waals surface area (Å²) in [4.78, 5) is 7.07. The van der Waals surface area contributed by atoms with E-state index in [4.69, 9.17) is 0 Å². The molecule has 1 aliphatic carbocycles. The molecule has 2 atom stereocenters. The highest BCUT2D eigenvalue weighted by Crippen LogP contribution is 2.38. The van der Waals surface area contributed by atoms with Crippen LogP contribution in [0.1, 0.15) is 62.5 Å². The van der Waals surface area contributed by atoms with Crippen LogP contribution in [0, 0.1) is 23.2 Å². The van der Waals surface area contributed by atoms with Crippen molar-refractivity contribution in [1.29, 1.82) is 5.26 Å². The molecule has 2 fully saturated rings. The molecule has 0 N–H and O–H groups in total. The van der Waals surface area contributed by atoms with Crippen LogP contribution in [0.5, 0.6) is 0 Å². The van der Waals surface area contributed by atoms with Gasteiger partial charge in [0.1, 0.15) is 6.07 Å². The summed E-state index contributed by atoms with van der Waals surface area (Å²) < 4.78 is 0. The number of rotatable bonds is 3. The monoisotopic (exact) mass is 359 g/mol. The van der Waals surface area contributed by atoms with E-state index in [1.807, 2.05) is 12.1 Å². The number of aromatic nitrogens is 1. The molecular formula is C24H29N3. The van der Waals surface area contributed by atoms with Crippen molar-refractivity contribution in [3.63, 3.8) is 0 Å². The molecule has 140 valence electrons. The van der Waals surface area contributed by atoms with Gasteiger partial charge in [0.25, 0.3) is 0 Å². The third-order valence-electron chi connectivity index (χ3n) is 6.51. The molecule has 2 heterocycles. The summed E-state index contributed by atoms with van der Waals surface area (Å²) in [6.45, 7) is 9.04. The fourth-order valence-corrected chi connectivity index (χ4v) is 5.15. The van der Waals surface area contributed by atoms with Gasteiger partial charge in [-0.25, -0.2) is 0 Å². The first kappa shape index (κ1) is 18.0. The Labute approximate surface area is 162 Å². The van der Waals surface area contributed by atoms with E-state index in [-0.39, 0.29) is 0 Å². The number of allylic oxidation sites excluding steroid dienone is 1. The number of likely N-dealkylation sites (tertiary alicyclic amines) is 1. The lowest BCUT2D eigenvalue weighted by molar-refractivity contribution is 0.178. The normalized spacial score (nSPS) is 23.9. The van der Waals surface area contributed by atoms with Crippen LogP contribution in [0.4, 0.5) is 0 Å². The van der Waals surface area contributed by atoms with E-state index in [9.17, 15) is 5.26 Å². The molecule has 0 bridgehead atoms. The first-order chi connectivity index (χ1) is 13.2. The van der Waals surface area contributed by atoms with Crippen LogP contribution in [-0.4, -0.2) is 23.0 Å². The Kier molecular flexibility index (Phi) is 5.16. The van der Waals surface area contributed by atoms with Crippen LogP contribution in [0.2, 0.25) is 0 Å². The minimum atomic E-state index is 0.466. The number of nitrogens with zero attached hydrogens (tertiary/aromatic N) is 3. The fourth-order valence-electron chi connectivity index (χ4n) is 5.15. The van der Waals surface area contributed by atoms with E-state index in [0.29, 0.717) is 23.3 Å². The number of piperidine rings is 1. The van der Waals surface area contributed by atoms with E-state index in [0.717, 1.165) is 24.0 Å². The molecule has 4 rings (SSSR count). The summed E-state index contributed by atoms with van der Waals surface area (Å²) in [6.07, 6.45) is 9.66. The molecule has 0 radical (unpaired) electrons. The molecule has 27 heavy (non-hydrogen) atoms. The lowest BCUT2D eigenvalue weighted by Gasteiger charge is -2.42. The zero-order chi connectivity index (χ0) is 18.8. The van der Waals surface area contributed by atoms with Crippen LogP contribution in [0.25, 0.3) is 10.9 Å². The second-order valence-corrected chi connectivity index (χ2v) is 8.48. The third kappa shape index (κ3) is 3.58. The van der Waals surface area contributed by atoms with Crippen LogP contribution in [-0.2, 0) is 0 Å². The van der Waals surface area contributed by atoms with Crippen LogP contribution in [0.15, 0.2) is 42.7 Å². The van der Waals surface area contributed by atoms with E-state index in [1.165, 1.54) is 49.8 Å². The van der Waals surface area contributed by atoms with Gasteiger partial charge in [-0.15, -0.1) is 0 Å². The Bertz CT molecular complexity index is 873. The Morgan fingerprint density at radius 3 is 2.78 bits per heavy atom. The zero-order valence-electron chi connectivity index (χ0n) is 16.3. The van der Waals surface area contributed by atoms with Gasteiger partial charge < -0.3 is 4.90 Å². The zero-order valence-corrected chi connectivity index (χ0v) is 16.3. The van der Waals surface area contributed by atoms with Crippen molar-refractivity contribution in [3.05, 3.63) is 53.9 Å². The van der Waals surface area contributed by atoms with Crippen molar-refractivity contribution >= 4 is 10.9 Å². The standard InChI is InChI=1S/C24H29N3/c1-17-13-21(16-27(15-17)18(2)19-7-4-3-5-8-19)22-11-10-20(14-25)24-23(22)9-6-12-26-24/h6,9-12,17,19,21H,2-5,7-8,13,15-16H2,1H3. The molecular weight excluding hydrogens is 330 g/mol. The molecule has 2 unspecified atom stereocenters. The summed E-state index contributed by atoms with van der Waals surface area (Å²) in [6, 6.07) is 10.5. The minimum Gasteiger partial charge on any atom is -0.374 e. The molecule has 0 amide bonds. The Hall–Kier alpha value is -2.34. The molecule has 2 aromatic rings. The third-order valence-corrected chi connectivity index (χ3v) is 6.51. The largest absolute Gasteiger partial charge is 0.374 e. The van der Waals surface area contributed by atoms with Crippen molar-refractivity contribution in [3.8, 4) is 6.07 Å². The van der Waals surface area contributed by atoms with Crippen molar-refractivity contribution < 1.29 is 0 Å². The smallest absolute Gasteiger partial charge is 0.101 e. The van der Waals surface area contributed by atoms with Gasteiger partial charge in [0.15, 0.2) is 0 Å². The van der Waals surface area contributed by atoms with E-state index >= 15 is 0 Å². The predicted octanol–water partition coefficient (Wildman–Crippen LogP) is 5.63. The second kappa shape index (κ2) is 7.72. The second-order valence-electron chi connectivity index (χ2n) is 8.48. The van der Waals surface area contributed by atoms with Crippen LogP contribution >= 0.6 is 0 Å². The predicted molar refractivity (Wildman–Crippen MR) is 110 cm³/mol. The number of hydrogen-bond acceptors (Lipinski definition) is 3. The van der Waals surface area contributed by atoms with E-state index in [1.54, 1.807) is 6.20 Å². The van der Waals surface area contributed by atoms with Gasteiger partial charge in [-0.3, -0.25) is 4.98 Å². The van der Waals surface area contributed by atoms with Crippen LogP contribution in [0.3, 0.4) is 0 Å². The summed E-state index contributed by atoms with van der Waals surface area (Å²) in [7, 11) is 0. The Morgan fingerprint density at radius 1 is 1.19 bits per heavy atom. The average molecular weight is 360 g/mol. The van der Waals surface area contributed by atoms with Crippen molar-refractivity contribution in [2.75, 3.05) is 13.1 Å². The molecule has 1 saturated carbocycles. The maximum Gasteiger partial charge on any atom is 0.101 e. The average Bonchev–Trinajstić information content (AvgIpc) is 2.72. The molecule has 3 heteroatoms. The van der Waals surface area contributed by atoms with Gasteiger partial charge >= 0.3 is 0 Å². The summed E-state index contributed by atoms with van der Waals surface area (Å²) in [5.74, 6) is 1.78. The van der Waals surface area contributed by atoms with Crippen molar-refractivity contribution in [2.24, 2.45) is 11.8 Å². The Morgan fingerprint density at radius 2 is 2.00 bits per heavy atom. The van der Waals surface area contributed by atoms with E-state index in [2.05, 4.69) is 41.6 Å². The lowest BCUT2D eigenvalue weighted by atomic mass is 9.81. The van der Waals surface area contributed by atoms with Crippen molar-refractivity contribution in [2.45, 2.75) is 51.4 Å². The Balaban J connectivity index is 1.63. The fraction of sp³-hybridized carbons (Fsp3) is 0.500. The molecule has 0 spiro atoms. The first-order valence-corrected chi connectivity index (χ1v) is 10.4. The summed E-state index contributed by atoms with van der Waals surface area (Å²) >= 11 is 0. The van der Waals surface area contributed by atoms with Gasteiger partial charge in [-0.1, -0.05) is 44.9 Å². The van der Waals surface area contributed by atoms with Crippen LogP contribution < -0.4 is 0 Å². The van der Waals surface area contributed by atoms with Crippen molar-refractivity contribution in [1.82, 2.24) is 9.88 Å². The molecule has 1 aromatic heterocycles. The number of fused-ring (bicyclic) bond motifs is 1. The number of benzene rings is 1.